The van der Waals surface area contributed by atoms with E-state index in [1.807, 2.05) is 18.2 Å². The van der Waals surface area contributed by atoms with Crippen molar-refractivity contribution in [1.82, 2.24) is 14.9 Å². The largest absolute Gasteiger partial charge is 0.478 e. The first-order chi connectivity index (χ1) is 10.7. The van der Waals surface area contributed by atoms with Crippen LogP contribution in [0, 0.1) is 0 Å². The number of nitrogens with zero attached hydrogens (tertiary/aromatic N) is 3. The highest BCUT2D eigenvalue weighted by atomic mass is 16.4. The third kappa shape index (κ3) is 3.49. The Bertz CT molecular complexity index is 645. The molecule has 114 valence electrons. The summed E-state index contributed by atoms with van der Waals surface area (Å²) in [7, 11) is 0. The van der Waals surface area contributed by atoms with Gasteiger partial charge in [-0.05, 0) is 49.1 Å². The van der Waals surface area contributed by atoms with Gasteiger partial charge in [-0.2, -0.15) is 0 Å². The number of benzene rings is 1. The van der Waals surface area contributed by atoms with Gasteiger partial charge in [0, 0.05) is 18.9 Å². The third-order valence-corrected chi connectivity index (χ3v) is 4.09. The van der Waals surface area contributed by atoms with Crippen LogP contribution in [0.5, 0.6) is 0 Å². The maximum atomic E-state index is 11.1. The molecule has 1 aliphatic rings. The first-order valence-corrected chi connectivity index (χ1v) is 7.54. The molecule has 5 nitrogen and oxygen atoms in total. The molecule has 1 aromatic heterocycles. The van der Waals surface area contributed by atoms with Gasteiger partial charge in [-0.1, -0.05) is 12.1 Å². The molecule has 0 spiro atoms. The van der Waals surface area contributed by atoms with Crippen LogP contribution < -0.4 is 0 Å². The maximum absolute atomic E-state index is 11.1. The molecule has 2 aromatic rings. The standard InChI is InChI=1S/C17H19N3O2/c21-17(22)14-5-1-4-13(10-14)15-6-2-9-20(11-15)12-16-18-7-3-8-19-16/h1,3-5,7-8,10,15H,2,6,9,11-12H2,(H,21,22)/t15-/m0/s1. The molecule has 1 saturated heterocycles. The molecule has 0 saturated carbocycles. The molecule has 3 rings (SSSR count). The van der Waals surface area contributed by atoms with Gasteiger partial charge in [0.2, 0.25) is 0 Å². The average Bonchev–Trinajstić information content (AvgIpc) is 2.56. The number of aromatic carboxylic acids is 1. The summed E-state index contributed by atoms with van der Waals surface area (Å²) in [5.74, 6) is 0.339. The lowest BCUT2D eigenvalue weighted by atomic mass is 9.89. The summed E-state index contributed by atoms with van der Waals surface area (Å²) in [5, 5.41) is 9.13. The van der Waals surface area contributed by atoms with E-state index in [1.165, 1.54) is 0 Å². The molecular formula is C17H19N3O2. The molecule has 1 aliphatic heterocycles. The summed E-state index contributed by atoms with van der Waals surface area (Å²) in [6, 6.07) is 9.12. The van der Waals surface area contributed by atoms with E-state index in [0.29, 0.717) is 11.5 Å². The highest BCUT2D eigenvalue weighted by molar-refractivity contribution is 5.87. The van der Waals surface area contributed by atoms with Crippen LogP contribution in [0.2, 0.25) is 0 Å². The van der Waals surface area contributed by atoms with Crippen molar-refractivity contribution in [3.8, 4) is 0 Å². The predicted molar refractivity (Wildman–Crippen MR) is 82.7 cm³/mol. The van der Waals surface area contributed by atoms with E-state index in [0.717, 1.165) is 43.9 Å². The van der Waals surface area contributed by atoms with Crippen molar-refractivity contribution in [2.75, 3.05) is 13.1 Å². The molecule has 1 N–H and O–H groups in total. The Hall–Kier alpha value is -2.27. The number of hydrogen-bond donors (Lipinski definition) is 1. The molecule has 1 fully saturated rings. The number of piperidine rings is 1. The van der Waals surface area contributed by atoms with Crippen LogP contribution in [-0.2, 0) is 6.54 Å². The SMILES string of the molecule is O=C(O)c1cccc([C@H]2CCCN(Cc3ncccn3)C2)c1. The van der Waals surface area contributed by atoms with Crippen LogP contribution in [0.1, 0.15) is 40.5 Å². The van der Waals surface area contributed by atoms with Crippen molar-refractivity contribution >= 4 is 5.97 Å². The number of carbonyl (C=O) groups is 1. The molecule has 1 aromatic carbocycles. The fraction of sp³-hybridized carbons (Fsp3) is 0.353. The van der Waals surface area contributed by atoms with E-state index in [1.54, 1.807) is 24.5 Å². The lowest BCUT2D eigenvalue weighted by Gasteiger charge is -2.32. The second-order valence-electron chi connectivity index (χ2n) is 5.67. The summed E-state index contributed by atoms with van der Waals surface area (Å²) < 4.78 is 0. The van der Waals surface area contributed by atoms with E-state index < -0.39 is 5.97 Å². The highest BCUT2D eigenvalue weighted by Crippen LogP contribution is 2.28. The topological polar surface area (TPSA) is 66.3 Å². The Morgan fingerprint density at radius 2 is 2.09 bits per heavy atom. The third-order valence-electron chi connectivity index (χ3n) is 4.09. The van der Waals surface area contributed by atoms with Gasteiger partial charge in [0.25, 0.3) is 0 Å². The second-order valence-corrected chi connectivity index (χ2v) is 5.67. The Kier molecular flexibility index (Phi) is 4.44. The van der Waals surface area contributed by atoms with Crippen LogP contribution in [0.3, 0.4) is 0 Å². The Balaban J connectivity index is 1.70. The van der Waals surface area contributed by atoms with Crippen molar-refractivity contribution in [3.05, 3.63) is 59.7 Å². The smallest absolute Gasteiger partial charge is 0.335 e. The summed E-state index contributed by atoms with van der Waals surface area (Å²) in [5.41, 5.74) is 1.47. The number of hydrogen-bond acceptors (Lipinski definition) is 4. The Morgan fingerprint density at radius 3 is 2.86 bits per heavy atom. The van der Waals surface area contributed by atoms with Gasteiger partial charge >= 0.3 is 5.97 Å². The zero-order valence-corrected chi connectivity index (χ0v) is 12.4. The first kappa shape index (κ1) is 14.7. The molecule has 22 heavy (non-hydrogen) atoms. The van der Waals surface area contributed by atoms with E-state index in [-0.39, 0.29) is 0 Å². The average molecular weight is 297 g/mol. The van der Waals surface area contributed by atoms with Gasteiger partial charge in [0.1, 0.15) is 5.82 Å². The summed E-state index contributed by atoms with van der Waals surface area (Å²) in [6.07, 6.45) is 5.73. The minimum atomic E-state index is -0.868. The second kappa shape index (κ2) is 6.66. The quantitative estimate of drug-likeness (QED) is 0.939. The van der Waals surface area contributed by atoms with Crippen LogP contribution in [0.25, 0.3) is 0 Å². The fourth-order valence-electron chi connectivity index (χ4n) is 3.01. The minimum absolute atomic E-state index is 0.362. The maximum Gasteiger partial charge on any atom is 0.335 e. The lowest BCUT2D eigenvalue weighted by molar-refractivity contribution is 0.0696. The highest BCUT2D eigenvalue weighted by Gasteiger charge is 2.22. The van der Waals surface area contributed by atoms with Gasteiger partial charge < -0.3 is 5.11 Å². The van der Waals surface area contributed by atoms with Gasteiger partial charge in [-0.15, -0.1) is 0 Å². The molecular weight excluding hydrogens is 278 g/mol. The molecule has 0 unspecified atom stereocenters. The minimum Gasteiger partial charge on any atom is -0.478 e. The predicted octanol–water partition coefficient (Wildman–Crippen LogP) is 2.55. The number of likely N-dealkylation sites (tertiary alicyclic amines) is 1. The Labute approximate surface area is 129 Å². The first-order valence-electron chi connectivity index (χ1n) is 7.54. The number of rotatable bonds is 4. The van der Waals surface area contributed by atoms with Gasteiger partial charge in [0.05, 0.1) is 12.1 Å². The normalized spacial score (nSPS) is 19.0. The molecule has 0 amide bonds. The van der Waals surface area contributed by atoms with E-state index in [9.17, 15) is 4.79 Å². The zero-order valence-electron chi connectivity index (χ0n) is 12.4. The van der Waals surface area contributed by atoms with Crippen LogP contribution in [-0.4, -0.2) is 39.0 Å². The van der Waals surface area contributed by atoms with Crippen molar-refractivity contribution in [2.24, 2.45) is 0 Å². The number of carboxylic acids is 1. The van der Waals surface area contributed by atoms with Crippen molar-refractivity contribution in [1.29, 1.82) is 0 Å². The van der Waals surface area contributed by atoms with E-state index in [4.69, 9.17) is 5.11 Å². The molecule has 0 bridgehead atoms. The summed E-state index contributed by atoms with van der Waals surface area (Å²) in [4.78, 5) is 22.0. The summed E-state index contributed by atoms with van der Waals surface area (Å²) in [6.45, 7) is 2.70. The van der Waals surface area contributed by atoms with Crippen molar-refractivity contribution in [3.63, 3.8) is 0 Å². The fourth-order valence-corrected chi connectivity index (χ4v) is 3.01. The molecule has 5 heteroatoms. The van der Waals surface area contributed by atoms with E-state index in [2.05, 4.69) is 14.9 Å². The van der Waals surface area contributed by atoms with E-state index >= 15 is 0 Å². The number of carboxylic acid groups (broad SMARTS) is 1. The van der Waals surface area contributed by atoms with Gasteiger partial charge in [-0.25, -0.2) is 14.8 Å². The lowest BCUT2D eigenvalue weighted by Crippen LogP contribution is -2.34. The van der Waals surface area contributed by atoms with Crippen molar-refractivity contribution < 1.29 is 9.90 Å². The Morgan fingerprint density at radius 1 is 1.27 bits per heavy atom. The van der Waals surface area contributed by atoms with Crippen LogP contribution >= 0.6 is 0 Å². The van der Waals surface area contributed by atoms with Gasteiger partial charge in [0.15, 0.2) is 0 Å². The molecule has 1 atom stereocenters. The number of aromatic nitrogens is 2. The summed E-state index contributed by atoms with van der Waals surface area (Å²) >= 11 is 0. The molecule has 0 aliphatic carbocycles. The van der Waals surface area contributed by atoms with Crippen molar-refractivity contribution in [2.45, 2.75) is 25.3 Å². The molecule has 2 heterocycles. The van der Waals surface area contributed by atoms with Gasteiger partial charge in [-0.3, -0.25) is 4.90 Å². The van der Waals surface area contributed by atoms with Crippen LogP contribution in [0.4, 0.5) is 0 Å². The van der Waals surface area contributed by atoms with Crippen LogP contribution in [0.15, 0.2) is 42.7 Å². The zero-order chi connectivity index (χ0) is 15.4. The monoisotopic (exact) mass is 297 g/mol. The molecule has 0 radical (unpaired) electrons.